The summed E-state index contributed by atoms with van der Waals surface area (Å²) in [6.07, 6.45) is 1.31. The van der Waals surface area contributed by atoms with Gasteiger partial charge in [-0.05, 0) is 32.7 Å². The lowest BCUT2D eigenvalue weighted by Gasteiger charge is -2.20. The van der Waals surface area contributed by atoms with Crippen LogP contribution in [0.15, 0.2) is 0 Å². The molecule has 0 aromatic heterocycles. The van der Waals surface area contributed by atoms with E-state index in [1.165, 1.54) is 7.11 Å². The maximum Gasteiger partial charge on any atom is 0.326 e. The molecule has 2 unspecified atom stereocenters. The lowest BCUT2D eigenvalue weighted by Crippen LogP contribution is -2.47. The first-order valence-corrected chi connectivity index (χ1v) is 7.44. The van der Waals surface area contributed by atoms with E-state index < -0.39 is 18.0 Å². The zero-order valence-electron chi connectivity index (χ0n) is 13.1. The van der Waals surface area contributed by atoms with Crippen molar-refractivity contribution in [1.29, 1.82) is 0 Å². The minimum atomic E-state index is -1.05. The number of carbonyl (C=O) groups excluding carboxylic acids is 1. The second kappa shape index (κ2) is 8.84. The third-order valence-corrected chi connectivity index (χ3v) is 3.81. The first kappa shape index (κ1) is 17.7. The SMILES string of the molecule is COCCC(NC(=O)NCC1CCN(C(C)C)C1)C(=O)O. The molecule has 1 rings (SSSR count). The summed E-state index contributed by atoms with van der Waals surface area (Å²) in [5.74, 6) is -0.616. The molecule has 0 saturated carbocycles. The number of hydrogen-bond donors (Lipinski definition) is 3. The number of nitrogens with zero attached hydrogens (tertiary/aromatic N) is 1. The first-order chi connectivity index (χ1) is 9.93. The molecule has 21 heavy (non-hydrogen) atoms. The minimum Gasteiger partial charge on any atom is -0.480 e. The number of amides is 2. The quantitative estimate of drug-likeness (QED) is 0.607. The van der Waals surface area contributed by atoms with Crippen LogP contribution in [0.5, 0.6) is 0 Å². The molecule has 7 nitrogen and oxygen atoms in total. The molecular weight excluding hydrogens is 274 g/mol. The number of nitrogens with one attached hydrogen (secondary N) is 2. The summed E-state index contributed by atoms with van der Waals surface area (Å²) in [5, 5.41) is 14.3. The number of methoxy groups -OCH3 is 1. The Labute approximate surface area is 126 Å². The van der Waals surface area contributed by atoms with Crippen LogP contribution in [0, 0.1) is 5.92 Å². The van der Waals surface area contributed by atoms with Crippen LogP contribution in [0.3, 0.4) is 0 Å². The van der Waals surface area contributed by atoms with Gasteiger partial charge in [0.05, 0.1) is 0 Å². The lowest BCUT2D eigenvalue weighted by atomic mass is 10.1. The highest BCUT2D eigenvalue weighted by molar-refractivity contribution is 5.82. The molecule has 0 radical (unpaired) electrons. The number of urea groups is 1. The van der Waals surface area contributed by atoms with Gasteiger partial charge in [0.25, 0.3) is 0 Å². The van der Waals surface area contributed by atoms with Gasteiger partial charge in [0, 0.05) is 39.3 Å². The van der Waals surface area contributed by atoms with Gasteiger partial charge in [-0.25, -0.2) is 9.59 Å². The van der Waals surface area contributed by atoms with Crippen LogP contribution in [-0.2, 0) is 9.53 Å². The molecule has 0 aromatic carbocycles. The molecule has 1 aliphatic rings. The monoisotopic (exact) mass is 301 g/mol. The molecule has 7 heteroatoms. The predicted molar refractivity (Wildman–Crippen MR) is 79.3 cm³/mol. The molecule has 0 bridgehead atoms. The van der Waals surface area contributed by atoms with Gasteiger partial charge in [0.15, 0.2) is 0 Å². The average Bonchev–Trinajstić information content (AvgIpc) is 2.90. The Kier molecular flexibility index (Phi) is 7.45. The van der Waals surface area contributed by atoms with Crippen LogP contribution in [0.4, 0.5) is 4.79 Å². The number of carbonyl (C=O) groups is 2. The van der Waals surface area contributed by atoms with E-state index >= 15 is 0 Å². The zero-order chi connectivity index (χ0) is 15.8. The van der Waals surface area contributed by atoms with Crippen molar-refractivity contribution in [1.82, 2.24) is 15.5 Å². The maximum atomic E-state index is 11.8. The van der Waals surface area contributed by atoms with Crippen LogP contribution in [0.2, 0.25) is 0 Å². The summed E-state index contributed by atoms with van der Waals surface area (Å²) in [5.41, 5.74) is 0. The Balaban J connectivity index is 2.28. The summed E-state index contributed by atoms with van der Waals surface area (Å²) in [6, 6.07) is -0.823. The van der Waals surface area contributed by atoms with E-state index in [4.69, 9.17) is 9.84 Å². The van der Waals surface area contributed by atoms with E-state index in [9.17, 15) is 9.59 Å². The lowest BCUT2D eigenvalue weighted by molar-refractivity contribution is -0.139. The highest BCUT2D eigenvalue weighted by Gasteiger charge is 2.25. The minimum absolute atomic E-state index is 0.254. The van der Waals surface area contributed by atoms with Gasteiger partial charge in [0.2, 0.25) is 0 Å². The molecule has 2 amide bonds. The van der Waals surface area contributed by atoms with Crippen molar-refractivity contribution in [2.45, 2.75) is 38.8 Å². The Bertz CT molecular complexity index is 349. The normalized spacial score (nSPS) is 20.5. The van der Waals surface area contributed by atoms with Gasteiger partial charge >= 0.3 is 12.0 Å². The molecule has 1 saturated heterocycles. The van der Waals surface area contributed by atoms with Gasteiger partial charge in [-0.1, -0.05) is 0 Å². The predicted octanol–water partition coefficient (Wildman–Crippen LogP) is 0.506. The van der Waals surface area contributed by atoms with Gasteiger partial charge in [-0.15, -0.1) is 0 Å². The number of likely N-dealkylation sites (tertiary alicyclic amines) is 1. The molecule has 1 heterocycles. The van der Waals surface area contributed by atoms with Crippen LogP contribution in [0.25, 0.3) is 0 Å². The van der Waals surface area contributed by atoms with Crippen molar-refractivity contribution in [2.75, 3.05) is 33.4 Å². The molecule has 0 spiro atoms. The smallest absolute Gasteiger partial charge is 0.326 e. The zero-order valence-corrected chi connectivity index (χ0v) is 13.1. The highest BCUT2D eigenvalue weighted by atomic mass is 16.5. The third kappa shape index (κ3) is 6.31. The van der Waals surface area contributed by atoms with Crippen molar-refractivity contribution < 1.29 is 19.4 Å². The maximum absolute atomic E-state index is 11.8. The largest absolute Gasteiger partial charge is 0.480 e. The summed E-state index contributed by atoms with van der Waals surface area (Å²) in [4.78, 5) is 25.1. The number of hydrogen-bond acceptors (Lipinski definition) is 4. The van der Waals surface area contributed by atoms with Crippen LogP contribution >= 0.6 is 0 Å². The number of rotatable bonds is 8. The Morgan fingerprint density at radius 1 is 1.43 bits per heavy atom. The van der Waals surface area contributed by atoms with Crippen molar-refractivity contribution in [3.8, 4) is 0 Å². The number of aliphatic carboxylic acids is 1. The van der Waals surface area contributed by atoms with E-state index in [1.54, 1.807) is 0 Å². The molecule has 1 aliphatic heterocycles. The fourth-order valence-electron chi connectivity index (χ4n) is 2.44. The second-order valence-electron chi connectivity index (χ2n) is 5.77. The Hall–Kier alpha value is -1.34. The molecule has 0 aromatic rings. The summed E-state index contributed by atoms with van der Waals surface area (Å²) in [6.45, 7) is 7.22. The Morgan fingerprint density at radius 2 is 2.14 bits per heavy atom. The molecule has 1 fully saturated rings. The van der Waals surface area contributed by atoms with Crippen LogP contribution in [0.1, 0.15) is 26.7 Å². The van der Waals surface area contributed by atoms with Gasteiger partial charge < -0.3 is 25.4 Å². The topological polar surface area (TPSA) is 90.9 Å². The van der Waals surface area contributed by atoms with Crippen molar-refractivity contribution in [2.24, 2.45) is 5.92 Å². The highest BCUT2D eigenvalue weighted by Crippen LogP contribution is 2.17. The molecular formula is C14H27N3O4. The molecule has 122 valence electrons. The van der Waals surface area contributed by atoms with Gasteiger partial charge in [0.1, 0.15) is 6.04 Å². The van der Waals surface area contributed by atoms with E-state index in [1.807, 2.05) is 0 Å². The summed E-state index contributed by atoms with van der Waals surface area (Å²) in [7, 11) is 1.50. The summed E-state index contributed by atoms with van der Waals surface area (Å²) < 4.78 is 4.84. The summed E-state index contributed by atoms with van der Waals surface area (Å²) >= 11 is 0. The molecule has 2 atom stereocenters. The van der Waals surface area contributed by atoms with Gasteiger partial charge in [-0.2, -0.15) is 0 Å². The van der Waals surface area contributed by atoms with Crippen molar-refractivity contribution in [3.63, 3.8) is 0 Å². The van der Waals surface area contributed by atoms with E-state index in [-0.39, 0.29) is 6.42 Å². The van der Waals surface area contributed by atoms with E-state index in [0.29, 0.717) is 25.1 Å². The van der Waals surface area contributed by atoms with Gasteiger partial charge in [-0.3, -0.25) is 0 Å². The second-order valence-corrected chi connectivity index (χ2v) is 5.77. The fraction of sp³-hybridized carbons (Fsp3) is 0.857. The molecule has 3 N–H and O–H groups in total. The van der Waals surface area contributed by atoms with E-state index in [0.717, 1.165) is 19.5 Å². The van der Waals surface area contributed by atoms with Crippen molar-refractivity contribution in [3.05, 3.63) is 0 Å². The number of carboxylic acids is 1. The number of ether oxygens (including phenoxy) is 1. The third-order valence-electron chi connectivity index (χ3n) is 3.81. The number of carboxylic acid groups (broad SMARTS) is 1. The van der Waals surface area contributed by atoms with Crippen LogP contribution < -0.4 is 10.6 Å². The average molecular weight is 301 g/mol. The fourth-order valence-corrected chi connectivity index (χ4v) is 2.44. The van der Waals surface area contributed by atoms with E-state index in [2.05, 4.69) is 29.4 Å². The Morgan fingerprint density at radius 3 is 2.67 bits per heavy atom. The van der Waals surface area contributed by atoms with Crippen LogP contribution in [-0.4, -0.2) is 67.4 Å². The first-order valence-electron chi connectivity index (χ1n) is 7.44. The van der Waals surface area contributed by atoms with Crippen molar-refractivity contribution >= 4 is 12.0 Å². The molecule has 0 aliphatic carbocycles. The standard InChI is InChI=1S/C14H27N3O4/c1-10(2)17-6-4-11(9-17)8-15-14(20)16-12(13(18)19)5-7-21-3/h10-12H,4-9H2,1-3H3,(H,18,19)(H2,15,16,20).